The number of carboxylic acid groups (broad SMARTS) is 1. The number of aromatic nitrogens is 2. The number of aromatic amines is 1. The highest BCUT2D eigenvalue weighted by Gasteiger charge is 2.15. The number of rotatable bonds is 3. The number of halogens is 1. The molecular weight excluding hydrogens is 223 g/mol. The van der Waals surface area contributed by atoms with Gasteiger partial charge < -0.3 is 10.1 Å². The van der Waals surface area contributed by atoms with Crippen molar-refractivity contribution in [2.24, 2.45) is 0 Å². The van der Waals surface area contributed by atoms with Gasteiger partial charge in [-0.05, 0) is 18.6 Å². The summed E-state index contributed by atoms with van der Waals surface area (Å²) < 4.78 is 13.3. The van der Waals surface area contributed by atoms with E-state index in [0.717, 1.165) is 5.52 Å². The first-order chi connectivity index (χ1) is 7.97. The molecule has 1 unspecified atom stereocenters. The van der Waals surface area contributed by atoms with Gasteiger partial charge in [-0.1, -0.05) is 6.92 Å². The van der Waals surface area contributed by atoms with Gasteiger partial charge in [0, 0.05) is 12.0 Å². The third-order valence-electron chi connectivity index (χ3n) is 2.73. The van der Waals surface area contributed by atoms with Crippen molar-refractivity contribution in [3.63, 3.8) is 0 Å². The van der Waals surface area contributed by atoms with Gasteiger partial charge in [0.25, 0.3) is 0 Å². The van der Waals surface area contributed by atoms with Crippen LogP contribution in [0.2, 0.25) is 0 Å². The minimum absolute atomic E-state index is 0.00128. The van der Waals surface area contributed by atoms with E-state index in [1.807, 2.05) is 0 Å². The SMILES string of the molecule is Cc1cc2[nH]c(C(C)CC(=O)O)nc2cc1F. The average Bonchev–Trinajstić information content (AvgIpc) is 2.60. The standard InChI is InChI=1S/C12H13FN2O2/c1-6-3-9-10(5-8(6)13)15-12(14-9)7(2)4-11(16)17/h3,5,7H,4H2,1-2H3,(H,14,15)(H,16,17). The molecule has 2 N–H and O–H groups in total. The molecular formula is C12H13FN2O2. The van der Waals surface area contributed by atoms with Crippen molar-refractivity contribution in [2.75, 3.05) is 0 Å². The number of aliphatic carboxylic acids is 1. The molecule has 1 atom stereocenters. The first-order valence-electron chi connectivity index (χ1n) is 5.35. The van der Waals surface area contributed by atoms with Crippen LogP contribution in [0, 0.1) is 12.7 Å². The molecule has 5 heteroatoms. The van der Waals surface area contributed by atoms with Crippen molar-refractivity contribution >= 4 is 17.0 Å². The molecule has 4 nitrogen and oxygen atoms in total. The fraction of sp³-hybridized carbons (Fsp3) is 0.333. The molecule has 0 amide bonds. The second kappa shape index (κ2) is 4.16. The molecule has 2 rings (SSSR count). The highest BCUT2D eigenvalue weighted by atomic mass is 19.1. The topological polar surface area (TPSA) is 66.0 Å². The van der Waals surface area contributed by atoms with Gasteiger partial charge in [-0.2, -0.15) is 0 Å². The fourth-order valence-electron chi connectivity index (χ4n) is 1.75. The van der Waals surface area contributed by atoms with Crippen molar-refractivity contribution in [1.29, 1.82) is 0 Å². The monoisotopic (exact) mass is 236 g/mol. The molecule has 0 radical (unpaired) electrons. The van der Waals surface area contributed by atoms with Gasteiger partial charge in [0.05, 0.1) is 17.5 Å². The van der Waals surface area contributed by atoms with Crippen LogP contribution >= 0.6 is 0 Å². The minimum atomic E-state index is -0.875. The van der Waals surface area contributed by atoms with Crippen LogP contribution < -0.4 is 0 Å². The summed E-state index contributed by atoms with van der Waals surface area (Å²) in [5.74, 6) is -0.822. The zero-order chi connectivity index (χ0) is 12.6. The van der Waals surface area contributed by atoms with Gasteiger partial charge in [0.15, 0.2) is 0 Å². The molecule has 17 heavy (non-hydrogen) atoms. The Morgan fingerprint density at radius 3 is 2.94 bits per heavy atom. The number of H-pyrrole nitrogens is 1. The van der Waals surface area contributed by atoms with Crippen LogP contribution in [0.3, 0.4) is 0 Å². The zero-order valence-corrected chi connectivity index (χ0v) is 9.62. The van der Waals surface area contributed by atoms with E-state index in [9.17, 15) is 9.18 Å². The molecule has 0 bridgehead atoms. The van der Waals surface area contributed by atoms with Gasteiger partial charge in [0.1, 0.15) is 11.6 Å². The highest BCUT2D eigenvalue weighted by Crippen LogP contribution is 2.22. The molecule has 0 fully saturated rings. The van der Waals surface area contributed by atoms with E-state index in [1.165, 1.54) is 6.07 Å². The number of aryl methyl sites for hydroxylation is 1. The van der Waals surface area contributed by atoms with Crippen LogP contribution in [0.15, 0.2) is 12.1 Å². The van der Waals surface area contributed by atoms with Crippen molar-refractivity contribution in [3.8, 4) is 0 Å². The van der Waals surface area contributed by atoms with Crippen molar-refractivity contribution < 1.29 is 14.3 Å². The largest absolute Gasteiger partial charge is 0.481 e. The number of fused-ring (bicyclic) bond motifs is 1. The zero-order valence-electron chi connectivity index (χ0n) is 9.62. The molecule has 90 valence electrons. The lowest BCUT2D eigenvalue weighted by Crippen LogP contribution is -2.04. The summed E-state index contributed by atoms with van der Waals surface area (Å²) >= 11 is 0. The van der Waals surface area contributed by atoms with Gasteiger partial charge in [-0.25, -0.2) is 9.37 Å². The summed E-state index contributed by atoms with van der Waals surface area (Å²) in [6, 6.07) is 3.03. The molecule has 0 aliphatic carbocycles. The Balaban J connectivity index is 2.41. The molecule has 0 aliphatic heterocycles. The first kappa shape index (κ1) is 11.6. The lowest BCUT2D eigenvalue weighted by molar-refractivity contribution is -0.137. The fourth-order valence-corrected chi connectivity index (χ4v) is 1.75. The number of imidazole rings is 1. The van der Waals surface area contributed by atoms with E-state index < -0.39 is 5.97 Å². The molecule has 0 saturated heterocycles. The molecule has 0 aliphatic rings. The molecule has 1 aromatic carbocycles. The van der Waals surface area contributed by atoms with Crippen LogP contribution in [-0.4, -0.2) is 21.0 Å². The van der Waals surface area contributed by atoms with Gasteiger partial charge >= 0.3 is 5.97 Å². The average molecular weight is 236 g/mol. The van der Waals surface area contributed by atoms with Gasteiger partial charge in [-0.3, -0.25) is 4.79 Å². The van der Waals surface area contributed by atoms with Gasteiger partial charge in [-0.15, -0.1) is 0 Å². The van der Waals surface area contributed by atoms with Gasteiger partial charge in [0.2, 0.25) is 0 Å². The van der Waals surface area contributed by atoms with Crippen molar-refractivity contribution in [2.45, 2.75) is 26.2 Å². The number of hydrogen-bond acceptors (Lipinski definition) is 2. The maximum Gasteiger partial charge on any atom is 0.304 e. The number of nitrogens with zero attached hydrogens (tertiary/aromatic N) is 1. The summed E-state index contributed by atoms with van der Waals surface area (Å²) in [4.78, 5) is 17.8. The maximum atomic E-state index is 13.3. The minimum Gasteiger partial charge on any atom is -0.481 e. The summed E-state index contributed by atoms with van der Waals surface area (Å²) in [6.07, 6.45) is 0.00128. The van der Waals surface area contributed by atoms with Crippen LogP contribution in [0.25, 0.3) is 11.0 Å². The predicted molar refractivity (Wildman–Crippen MR) is 61.5 cm³/mol. The van der Waals surface area contributed by atoms with Crippen LogP contribution in [0.1, 0.15) is 30.7 Å². The number of benzene rings is 1. The third-order valence-corrected chi connectivity index (χ3v) is 2.73. The van der Waals surface area contributed by atoms with E-state index in [0.29, 0.717) is 16.9 Å². The first-order valence-corrected chi connectivity index (χ1v) is 5.35. The molecule has 0 saturated carbocycles. The predicted octanol–water partition coefficient (Wildman–Crippen LogP) is 2.59. The Kier molecular flexibility index (Phi) is 2.83. The Hall–Kier alpha value is -1.91. The Morgan fingerprint density at radius 2 is 2.29 bits per heavy atom. The molecule has 2 aromatic rings. The highest BCUT2D eigenvalue weighted by molar-refractivity contribution is 5.76. The van der Waals surface area contributed by atoms with Crippen molar-refractivity contribution in [1.82, 2.24) is 9.97 Å². The second-order valence-electron chi connectivity index (χ2n) is 4.24. The Bertz CT molecular complexity index is 538. The maximum absolute atomic E-state index is 13.3. The van der Waals surface area contributed by atoms with Crippen LogP contribution in [0.4, 0.5) is 4.39 Å². The normalized spacial score (nSPS) is 12.9. The number of nitrogens with one attached hydrogen (secondary N) is 1. The summed E-state index contributed by atoms with van der Waals surface area (Å²) in [7, 11) is 0. The van der Waals surface area contributed by atoms with E-state index in [4.69, 9.17) is 5.11 Å². The third kappa shape index (κ3) is 2.27. The Morgan fingerprint density at radius 1 is 1.59 bits per heavy atom. The lowest BCUT2D eigenvalue weighted by atomic mass is 10.1. The lowest BCUT2D eigenvalue weighted by Gasteiger charge is -2.03. The number of carbonyl (C=O) groups is 1. The van der Waals surface area contributed by atoms with E-state index in [1.54, 1.807) is 19.9 Å². The summed E-state index contributed by atoms with van der Waals surface area (Å²) in [6.45, 7) is 3.45. The molecule has 1 aromatic heterocycles. The van der Waals surface area contributed by atoms with Crippen molar-refractivity contribution in [3.05, 3.63) is 29.3 Å². The van der Waals surface area contributed by atoms with E-state index in [-0.39, 0.29) is 18.2 Å². The number of carboxylic acids is 1. The smallest absolute Gasteiger partial charge is 0.304 e. The van der Waals surface area contributed by atoms with E-state index >= 15 is 0 Å². The summed E-state index contributed by atoms with van der Waals surface area (Å²) in [5.41, 5.74) is 1.80. The van der Waals surface area contributed by atoms with Crippen LogP contribution in [-0.2, 0) is 4.79 Å². The second-order valence-corrected chi connectivity index (χ2v) is 4.24. The number of hydrogen-bond donors (Lipinski definition) is 2. The molecule has 1 heterocycles. The van der Waals surface area contributed by atoms with E-state index in [2.05, 4.69) is 9.97 Å². The quantitative estimate of drug-likeness (QED) is 0.860. The Labute approximate surface area is 97.5 Å². The molecule has 0 spiro atoms. The van der Waals surface area contributed by atoms with Crippen LogP contribution in [0.5, 0.6) is 0 Å². The summed E-state index contributed by atoms with van der Waals surface area (Å²) in [5, 5.41) is 8.71.